The molecule has 2 unspecified atom stereocenters. The quantitative estimate of drug-likeness (QED) is 0.410. The van der Waals surface area contributed by atoms with Crippen LogP contribution in [0.5, 0.6) is 0 Å². The number of thioether (sulfide) groups is 1. The smallest absolute Gasteiger partial charge is 0.233 e. The van der Waals surface area contributed by atoms with Gasteiger partial charge < -0.3 is 15.5 Å². The van der Waals surface area contributed by atoms with Gasteiger partial charge in [0.05, 0.1) is 24.1 Å². The third-order valence-corrected chi connectivity index (χ3v) is 6.36. The number of nitrogens with one attached hydrogen (secondary N) is 1. The van der Waals surface area contributed by atoms with Crippen molar-refractivity contribution in [1.29, 1.82) is 0 Å². The summed E-state index contributed by atoms with van der Waals surface area (Å²) in [6.45, 7) is 4.01. The Kier molecular flexibility index (Phi) is 8.22. The van der Waals surface area contributed by atoms with Crippen molar-refractivity contribution < 1.29 is 14.0 Å². The van der Waals surface area contributed by atoms with Crippen molar-refractivity contribution >= 4 is 46.8 Å². The third kappa shape index (κ3) is 6.27. The molecule has 0 saturated heterocycles. The summed E-state index contributed by atoms with van der Waals surface area (Å²) in [5.41, 5.74) is 6.05. The number of aromatic nitrogens is 3. The van der Waals surface area contributed by atoms with Gasteiger partial charge in [-0.2, -0.15) is 0 Å². The van der Waals surface area contributed by atoms with E-state index in [0.717, 1.165) is 5.56 Å². The minimum Gasteiger partial charge on any atom is -0.467 e. The molecule has 0 fully saturated rings. The van der Waals surface area contributed by atoms with Crippen molar-refractivity contribution in [3.05, 3.63) is 63.8 Å². The molecule has 0 spiro atoms. The lowest BCUT2D eigenvalue weighted by atomic mass is 10.1. The van der Waals surface area contributed by atoms with Crippen LogP contribution in [0.3, 0.4) is 0 Å². The summed E-state index contributed by atoms with van der Waals surface area (Å²) < 4.78 is 7.27. The fourth-order valence-corrected chi connectivity index (χ4v) is 4.46. The second-order valence-electron chi connectivity index (χ2n) is 7.19. The van der Waals surface area contributed by atoms with Crippen LogP contribution in [0.4, 0.5) is 0 Å². The SMILES string of the molecule is CC(Sc1nnc(CCC(N)=O)n1Cc1ccco1)C(=O)NC(C)c1ccc(Cl)cc1Cl. The molecule has 0 aliphatic rings. The van der Waals surface area contributed by atoms with Crippen molar-refractivity contribution in [2.75, 3.05) is 0 Å². The topological polar surface area (TPSA) is 116 Å². The Morgan fingerprint density at radius 1 is 1.25 bits per heavy atom. The number of carbonyl (C=O) groups is 2. The van der Waals surface area contributed by atoms with Gasteiger partial charge in [-0.15, -0.1) is 10.2 Å². The number of halogens is 2. The zero-order valence-corrected chi connectivity index (χ0v) is 19.9. The minimum absolute atomic E-state index is 0.149. The summed E-state index contributed by atoms with van der Waals surface area (Å²) in [6, 6.07) is 8.48. The first kappa shape index (κ1) is 24.2. The number of rotatable bonds is 10. The van der Waals surface area contributed by atoms with E-state index in [4.69, 9.17) is 33.4 Å². The highest BCUT2D eigenvalue weighted by molar-refractivity contribution is 8.00. The summed E-state index contributed by atoms with van der Waals surface area (Å²) in [5, 5.41) is 12.5. The number of nitrogens with zero attached hydrogens (tertiary/aromatic N) is 3. The Hall–Kier alpha value is -2.49. The predicted molar refractivity (Wildman–Crippen MR) is 124 cm³/mol. The average molecular weight is 496 g/mol. The molecule has 2 atom stereocenters. The Bertz CT molecular complexity index is 1090. The van der Waals surface area contributed by atoms with E-state index in [1.54, 1.807) is 37.5 Å². The van der Waals surface area contributed by atoms with E-state index in [1.807, 2.05) is 17.6 Å². The first-order chi connectivity index (χ1) is 15.2. The summed E-state index contributed by atoms with van der Waals surface area (Å²) in [4.78, 5) is 24.0. The van der Waals surface area contributed by atoms with Gasteiger partial charge in [0.15, 0.2) is 5.16 Å². The Morgan fingerprint density at radius 3 is 2.69 bits per heavy atom. The number of primary amides is 1. The van der Waals surface area contributed by atoms with Gasteiger partial charge in [0.1, 0.15) is 11.6 Å². The van der Waals surface area contributed by atoms with Gasteiger partial charge >= 0.3 is 0 Å². The molecule has 2 heterocycles. The van der Waals surface area contributed by atoms with Crippen molar-refractivity contribution in [3.63, 3.8) is 0 Å². The van der Waals surface area contributed by atoms with Crippen LogP contribution in [0, 0.1) is 0 Å². The van der Waals surface area contributed by atoms with Crippen LogP contribution >= 0.6 is 35.0 Å². The second-order valence-corrected chi connectivity index (χ2v) is 9.34. The van der Waals surface area contributed by atoms with Gasteiger partial charge in [0.2, 0.25) is 11.8 Å². The summed E-state index contributed by atoms with van der Waals surface area (Å²) in [5.74, 6) is 0.695. The molecule has 3 N–H and O–H groups in total. The third-order valence-electron chi connectivity index (χ3n) is 4.72. The van der Waals surface area contributed by atoms with E-state index in [0.29, 0.717) is 39.8 Å². The Labute approximate surface area is 199 Å². The lowest BCUT2D eigenvalue weighted by molar-refractivity contribution is -0.121. The Morgan fingerprint density at radius 2 is 2.03 bits per heavy atom. The minimum atomic E-state index is -0.466. The normalized spacial score (nSPS) is 13.0. The van der Waals surface area contributed by atoms with Gasteiger partial charge in [-0.1, -0.05) is 41.0 Å². The molecule has 0 aliphatic carbocycles. The maximum Gasteiger partial charge on any atom is 0.233 e. The highest BCUT2D eigenvalue weighted by Crippen LogP contribution is 2.28. The van der Waals surface area contributed by atoms with Crippen LogP contribution in [0.2, 0.25) is 10.0 Å². The molecule has 0 saturated carbocycles. The van der Waals surface area contributed by atoms with E-state index < -0.39 is 11.2 Å². The number of benzene rings is 1. The van der Waals surface area contributed by atoms with E-state index >= 15 is 0 Å². The van der Waals surface area contributed by atoms with Crippen LogP contribution in [0.25, 0.3) is 0 Å². The summed E-state index contributed by atoms with van der Waals surface area (Å²) in [6.07, 6.45) is 2.07. The molecule has 0 aliphatic heterocycles. The molecule has 2 amide bonds. The average Bonchev–Trinajstić information content (AvgIpc) is 3.37. The number of furan rings is 1. The van der Waals surface area contributed by atoms with E-state index in [-0.39, 0.29) is 18.4 Å². The Balaban J connectivity index is 1.71. The van der Waals surface area contributed by atoms with Crippen LogP contribution in [0.1, 0.15) is 43.5 Å². The molecule has 1 aromatic carbocycles. The summed E-state index contributed by atoms with van der Waals surface area (Å²) >= 11 is 13.5. The predicted octanol–water partition coefficient (Wildman–Crippen LogP) is 4.00. The molecule has 11 heteroatoms. The van der Waals surface area contributed by atoms with Gasteiger partial charge in [-0.3, -0.25) is 14.2 Å². The molecular weight excluding hydrogens is 473 g/mol. The molecular formula is C21H23Cl2N5O3S. The van der Waals surface area contributed by atoms with E-state index in [9.17, 15) is 9.59 Å². The summed E-state index contributed by atoms with van der Waals surface area (Å²) in [7, 11) is 0. The number of carbonyl (C=O) groups excluding carboxylic acids is 2. The molecule has 0 radical (unpaired) electrons. The molecule has 0 bridgehead atoms. The van der Waals surface area contributed by atoms with Gasteiger partial charge in [0.25, 0.3) is 0 Å². The van der Waals surface area contributed by atoms with Crippen molar-refractivity contribution in [1.82, 2.24) is 20.1 Å². The zero-order valence-electron chi connectivity index (χ0n) is 17.5. The second kappa shape index (κ2) is 10.9. The number of amides is 2. The monoisotopic (exact) mass is 495 g/mol. The first-order valence-electron chi connectivity index (χ1n) is 9.89. The molecule has 170 valence electrons. The van der Waals surface area contributed by atoms with Gasteiger partial charge in [0, 0.05) is 22.9 Å². The fourth-order valence-electron chi connectivity index (χ4n) is 3.02. The highest BCUT2D eigenvalue weighted by Gasteiger charge is 2.23. The van der Waals surface area contributed by atoms with Crippen LogP contribution in [-0.2, 0) is 22.6 Å². The maximum atomic E-state index is 12.8. The molecule has 8 nitrogen and oxygen atoms in total. The van der Waals surface area contributed by atoms with Crippen molar-refractivity contribution in [2.24, 2.45) is 5.73 Å². The van der Waals surface area contributed by atoms with Gasteiger partial charge in [-0.05, 0) is 43.7 Å². The number of hydrogen-bond acceptors (Lipinski definition) is 6. The number of aryl methyl sites for hydroxylation is 1. The van der Waals surface area contributed by atoms with E-state index in [2.05, 4.69) is 15.5 Å². The van der Waals surface area contributed by atoms with Crippen molar-refractivity contribution in [3.8, 4) is 0 Å². The van der Waals surface area contributed by atoms with Crippen LogP contribution < -0.4 is 11.1 Å². The zero-order chi connectivity index (χ0) is 23.3. The van der Waals surface area contributed by atoms with E-state index in [1.165, 1.54) is 11.8 Å². The number of nitrogens with two attached hydrogens (primary N) is 1. The largest absolute Gasteiger partial charge is 0.467 e. The van der Waals surface area contributed by atoms with Gasteiger partial charge in [-0.25, -0.2) is 0 Å². The molecule has 2 aromatic heterocycles. The highest BCUT2D eigenvalue weighted by atomic mass is 35.5. The standard InChI is InChI=1S/C21H23Cl2N5O3S/c1-12(16-6-5-14(22)10-17(16)23)25-20(30)13(2)32-21-27-26-19(8-7-18(24)29)28(21)11-15-4-3-9-31-15/h3-6,9-10,12-13H,7-8,11H2,1-2H3,(H2,24,29)(H,25,30). The molecule has 3 aromatic rings. The number of hydrogen-bond donors (Lipinski definition) is 2. The lowest BCUT2D eigenvalue weighted by Crippen LogP contribution is -2.33. The van der Waals surface area contributed by atoms with Crippen LogP contribution in [0.15, 0.2) is 46.2 Å². The van der Waals surface area contributed by atoms with Crippen molar-refractivity contribution in [2.45, 2.75) is 49.7 Å². The lowest BCUT2D eigenvalue weighted by Gasteiger charge is -2.19. The maximum absolute atomic E-state index is 12.8. The molecule has 32 heavy (non-hydrogen) atoms. The molecule has 3 rings (SSSR count). The fraction of sp³-hybridized carbons (Fsp3) is 0.333. The van der Waals surface area contributed by atoms with Crippen LogP contribution in [-0.4, -0.2) is 31.8 Å². The first-order valence-corrected chi connectivity index (χ1v) is 11.5.